The molecule has 2 rings (SSSR count). The summed E-state index contributed by atoms with van der Waals surface area (Å²) in [6, 6.07) is 5.77. The molecule has 1 unspecified atom stereocenters. The second-order valence-electron chi connectivity index (χ2n) is 4.85. The van der Waals surface area contributed by atoms with E-state index >= 15 is 0 Å². The van der Waals surface area contributed by atoms with Crippen LogP contribution in [0.25, 0.3) is 0 Å². The lowest BCUT2D eigenvalue weighted by Gasteiger charge is -2.18. The highest BCUT2D eigenvalue weighted by molar-refractivity contribution is 7.05. The number of benzene rings is 1. The number of aryl methyl sites for hydroxylation is 1. The number of hydrogen-bond acceptors (Lipinski definition) is 4. The van der Waals surface area contributed by atoms with Crippen molar-refractivity contribution in [2.24, 2.45) is 0 Å². The van der Waals surface area contributed by atoms with Gasteiger partial charge in [-0.25, -0.2) is 0 Å². The number of hydrogen-bond donors (Lipinski definition) is 1. The first-order valence-electron chi connectivity index (χ1n) is 7.14. The molecule has 1 aromatic heterocycles. The van der Waals surface area contributed by atoms with Crippen molar-refractivity contribution < 1.29 is 0 Å². The summed E-state index contributed by atoms with van der Waals surface area (Å²) in [7, 11) is 0. The minimum atomic E-state index is 0.147. The Labute approximate surface area is 139 Å². The Hall–Kier alpha value is -0.680. The molecule has 0 aliphatic heterocycles. The smallest absolute Gasteiger partial charge is 0.0803 e. The Morgan fingerprint density at radius 1 is 1.24 bits per heavy atom. The van der Waals surface area contributed by atoms with Gasteiger partial charge in [-0.15, -0.1) is 5.10 Å². The van der Waals surface area contributed by atoms with Crippen molar-refractivity contribution in [2.75, 3.05) is 6.54 Å². The molecule has 1 heterocycles. The van der Waals surface area contributed by atoms with E-state index in [9.17, 15) is 0 Å². The number of nitrogens with one attached hydrogen (secondary N) is 1. The van der Waals surface area contributed by atoms with E-state index in [0.717, 1.165) is 37.1 Å². The van der Waals surface area contributed by atoms with E-state index in [0.29, 0.717) is 10.0 Å². The van der Waals surface area contributed by atoms with Gasteiger partial charge in [0.05, 0.1) is 10.6 Å². The van der Waals surface area contributed by atoms with Gasteiger partial charge in [-0.1, -0.05) is 54.0 Å². The summed E-state index contributed by atoms with van der Waals surface area (Å²) in [6.07, 6.45) is 2.75. The second kappa shape index (κ2) is 8.08. The third kappa shape index (κ3) is 4.16. The largest absolute Gasteiger partial charge is 0.309 e. The normalized spacial score (nSPS) is 12.6. The molecule has 2 aromatic rings. The molecule has 0 bridgehead atoms. The molecular formula is C15H19Cl2N3S. The van der Waals surface area contributed by atoms with Gasteiger partial charge in [-0.05, 0) is 48.6 Å². The number of aromatic nitrogens is 2. The second-order valence-corrected chi connectivity index (χ2v) is 6.45. The van der Waals surface area contributed by atoms with Gasteiger partial charge in [0.1, 0.15) is 0 Å². The third-order valence-electron chi connectivity index (χ3n) is 3.31. The zero-order valence-corrected chi connectivity index (χ0v) is 14.5. The van der Waals surface area contributed by atoms with Gasteiger partial charge in [0.25, 0.3) is 0 Å². The van der Waals surface area contributed by atoms with Crippen LogP contribution in [-0.4, -0.2) is 16.1 Å². The fraction of sp³-hybridized carbons (Fsp3) is 0.467. The minimum Gasteiger partial charge on any atom is -0.309 e. The molecule has 1 atom stereocenters. The lowest BCUT2D eigenvalue weighted by molar-refractivity contribution is 0.552. The summed E-state index contributed by atoms with van der Waals surface area (Å²) < 4.78 is 4.12. The van der Waals surface area contributed by atoms with Gasteiger partial charge >= 0.3 is 0 Å². The average molecular weight is 344 g/mol. The highest BCUT2D eigenvalue weighted by atomic mass is 35.5. The zero-order chi connectivity index (χ0) is 15.2. The van der Waals surface area contributed by atoms with E-state index in [4.69, 9.17) is 23.2 Å². The van der Waals surface area contributed by atoms with Gasteiger partial charge in [-0.3, -0.25) is 0 Å². The number of likely N-dealkylation sites (N-methyl/N-ethyl adjacent to an activating group) is 1. The average Bonchev–Trinajstić information content (AvgIpc) is 2.90. The van der Waals surface area contributed by atoms with E-state index in [-0.39, 0.29) is 6.04 Å². The molecule has 1 N–H and O–H groups in total. The quantitative estimate of drug-likeness (QED) is 0.792. The standard InChI is InChI=1S/C15H19Cl2N3S/c1-3-6-13-15(21-20-19-13)14(18-4-2)9-10-11(16)7-5-8-12(10)17/h5,7-8,14,18H,3-4,6,9H2,1-2H3. The van der Waals surface area contributed by atoms with Crippen molar-refractivity contribution >= 4 is 34.7 Å². The topological polar surface area (TPSA) is 37.8 Å². The molecule has 0 fully saturated rings. The zero-order valence-electron chi connectivity index (χ0n) is 12.2. The van der Waals surface area contributed by atoms with Gasteiger partial charge in [0, 0.05) is 16.1 Å². The van der Waals surface area contributed by atoms with Crippen molar-refractivity contribution in [2.45, 2.75) is 39.2 Å². The SMILES string of the molecule is CCCc1nnsc1C(Cc1c(Cl)cccc1Cl)NCC. The van der Waals surface area contributed by atoms with Crippen LogP contribution in [0.3, 0.4) is 0 Å². The van der Waals surface area contributed by atoms with E-state index in [2.05, 4.69) is 28.8 Å². The molecule has 6 heteroatoms. The molecule has 0 aliphatic rings. The highest BCUT2D eigenvalue weighted by Gasteiger charge is 2.20. The molecule has 0 saturated heterocycles. The number of rotatable bonds is 7. The molecule has 3 nitrogen and oxygen atoms in total. The maximum atomic E-state index is 6.30. The Balaban J connectivity index is 2.29. The Morgan fingerprint density at radius 3 is 2.57 bits per heavy atom. The molecule has 0 radical (unpaired) electrons. The van der Waals surface area contributed by atoms with Crippen molar-refractivity contribution in [3.05, 3.63) is 44.4 Å². The monoisotopic (exact) mass is 343 g/mol. The van der Waals surface area contributed by atoms with Crippen molar-refractivity contribution in [3.8, 4) is 0 Å². The van der Waals surface area contributed by atoms with Crippen LogP contribution in [0, 0.1) is 0 Å². The molecule has 0 saturated carbocycles. The Kier molecular flexibility index (Phi) is 6.42. The molecule has 114 valence electrons. The van der Waals surface area contributed by atoms with E-state index in [1.807, 2.05) is 18.2 Å². The fourth-order valence-corrected chi connectivity index (χ4v) is 3.65. The van der Waals surface area contributed by atoms with Crippen LogP contribution in [0.4, 0.5) is 0 Å². The summed E-state index contributed by atoms with van der Waals surface area (Å²) in [5.74, 6) is 0. The van der Waals surface area contributed by atoms with Crippen LogP contribution in [0.15, 0.2) is 18.2 Å². The summed E-state index contributed by atoms with van der Waals surface area (Å²) >= 11 is 14.1. The predicted molar refractivity (Wildman–Crippen MR) is 90.5 cm³/mol. The minimum absolute atomic E-state index is 0.147. The molecule has 0 amide bonds. The van der Waals surface area contributed by atoms with Crippen LogP contribution in [-0.2, 0) is 12.8 Å². The first kappa shape index (κ1) is 16.7. The molecule has 0 spiro atoms. The van der Waals surface area contributed by atoms with Gasteiger partial charge < -0.3 is 5.32 Å². The predicted octanol–water partition coefficient (Wildman–Crippen LogP) is 4.69. The Bertz CT molecular complexity index is 566. The van der Waals surface area contributed by atoms with Crippen LogP contribution >= 0.6 is 34.7 Å². The lowest BCUT2D eigenvalue weighted by Crippen LogP contribution is -2.23. The van der Waals surface area contributed by atoms with Crippen LogP contribution < -0.4 is 5.32 Å². The molecular weight excluding hydrogens is 325 g/mol. The summed E-state index contributed by atoms with van der Waals surface area (Å²) in [6.45, 7) is 5.11. The van der Waals surface area contributed by atoms with Gasteiger partial charge in [-0.2, -0.15) is 0 Å². The van der Waals surface area contributed by atoms with E-state index in [1.54, 1.807) is 0 Å². The summed E-state index contributed by atoms with van der Waals surface area (Å²) in [4.78, 5) is 1.19. The lowest BCUT2D eigenvalue weighted by atomic mass is 10.0. The Morgan fingerprint density at radius 2 is 1.95 bits per heavy atom. The summed E-state index contributed by atoms with van der Waals surface area (Å²) in [5, 5.41) is 9.17. The number of halogens is 2. The molecule has 1 aromatic carbocycles. The fourth-order valence-electron chi connectivity index (χ4n) is 2.33. The maximum Gasteiger partial charge on any atom is 0.0803 e. The van der Waals surface area contributed by atoms with Gasteiger partial charge in [0.15, 0.2) is 0 Å². The van der Waals surface area contributed by atoms with Crippen molar-refractivity contribution in [3.63, 3.8) is 0 Å². The summed E-state index contributed by atoms with van der Waals surface area (Å²) in [5.41, 5.74) is 2.05. The first-order chi connectivity index (χ1) is 10.2. The third-order valence-corrected chi connectivity index (χ3v) is 4.90. The van der Waals surface area contributed by atoms with Crippen LogP contribution in [0.1, 0.15) is 42.4 Å². The first-order valence-corrected chi connectivity index (χ1v) is 8.67. The van der Waals surface area contributed by atoms with Gasteiger partial charge in [0.2, 0.25) is 0 Å². The van der Waals surface area contributed by atoms with Crippen molar-refractivity contribution in [1.29, 1.82) is 0 Å². The highest BCUT2D eigenvalue weighted by Crippen LogP contribution is 2.31. The van der Waals surface area contributed by atoms with E-state index in [1.165, 1.54) is 16.4 Å². The number of nitrogens with zero attached hydrogens (tertiary/aromatic N) is 2. The molecule has 21 heavy (non-hydrogen) atoms. The van der Waals surface area contributed by atoms with E-state index < -0.39 is 0 Å². The van der Waals surface area contributed by atoms with Crippen molar-refractivity contribution in [1.82, 2.24) is 14.9 Å². The maximum absolute atomic E-state index is 6.30. The van der Waals surface area contributed by atoms with Crippen LogP contribution in [0.5, 0.6) is 0 Å². The van der Waals surface area contributed by atoms with Crippen LogP contribution in [0.2, 0.25) is 10.0 Å². The molecule has 0 aliphatic carbocycles.